The van der Waals surface area contributed by atoms with Crippen LogP contribution in [0.15, 0.2) is 47.6 Å². The molecule has 2 N–H and O–H groups in total. The number of benzene rings is 1. The van der Waals surface area contributed by atoms with Crippen molar-refractivity contribution in [1.82, 2.24) is 15.6 Å². The van der Waals surface area contributed by atoms with Crippen LogP contribution in [0.4, 0.5) is 19.0 Å². The van der Waals surface area contributed by atoms with Crippen LogP contribution in [0.2, 0.25) is 0 Å². The molecule has 0 saturated carbocycles. The van der Waals surface area contributed by atoms with E-state index in [0.717, 1.165) is 24.5 Å². The number of hydrogen-bond donors (Lipinski definition) is 2. The van der Waals surface area contributed by atoms with Gasteiger partial charge in [0.15, 0.2) is 5.96 Å². The molecule has 11 heteroatoms. The summed E-state index contributed by atoms with van der Waals surface area (Å²) >= 11 is 0. The molecule has 0 spiro atoms. The standard InChI is InChI=1S/C20H24F3N5O2.HI/c1-24-19(26-13-15-5-2-3-7-17(15)30-20(21,22)23)27-14-16-6-4-8-25-18(16)28-9-11-29-12-10-28;/h2-8H,9-14H2,1H3,(H2,24,26,27);1H. The van der Waals surface area contributed by atoms with Crippen molar-refractivity contribution in [3.05, 3.63) is 53.7 Å². The number of hydrogen-bond acceptors (Lipinski definition) is 5. The highest BCUT2D eigenvalue weighted by Gasteiger charge is 2.31. The minimum absolute atomic E-state index is 0. The van der Waals surface area contributed by atoms with Crippen LogP contribution >= 0.6 is 24.0 Å². The van der Waals surface area contributed by atoms with Gasteiger partial charge in [-0.3, -0.25) is 4.99 Å². The second kappa shape index (κ2) is 11.9. The lowest BCUT2D eigenvalue weighted by Gasteiger charge is -2.29. The summed E-state index contributed by atoms with van der Waals surface area (Å²) < 4.78 is 47.3. The Labute approximate surface area is 196 Å². The Hall–Kier alpha value is -2.28. The topological polar surface area (TPSA) is 71.0 Å². The predicted octanol–water partition coefficient (Wildman–Crippen LogP) is 3.30. The van der Waals surface area contributed by atoms with Crippen molar-refractivity contribution < 1.29 is 22.6 Å². The minimum atomic E-state index is -4.74. The van der Waals surface area contributed by atoms with E-state index in [1.165, 1.54) is 12.1 Å². The van der Waals surface area contributed by atoms with Crippen molar-refractivity contribution in [3.8, 4) is 5.75 Å². The maximum atomic E-state index is 12.6. The largest absolute Gasteiger partial charge is 0.573 e. The summed E-state index contributed by atoms with van der Waals surface area (Å²) in [4.78, 5) is 10.8. The molecule has 0 amide bonds. The highest BCUT2D eigenvalue weighted by Crippen LogP contribution is 2.26. The summed E-state index contributed by atoms with van der Waals surface area (Å²) in [5.74, 6) is 1.09. The zero-order valence-electron chi connectivity index (χ0n) is 17.0. The van der Waals surface area contributed by atoms with Crippen LogP contribution in [-0.2, 0) is 17.8 Å². The Kier molecular flexibility index (Phi) is 9.62. The van der Waals surface area contributed by atoms with Crippen molar-refractivity contribution in [2.45, 2.75) is 19.5 Å². The fraction of sp³-hybridized carbons (Fsp3) is 0.400. The highest BCUT2D eigenvalue weighted by molar-refractivity contribution is 14.0. The van der Waals surface area contributed by atoms with Gasteiger partial charge in [0.05, 0.1) is 13.2 Å². The number of ether oxygens (including phenoxy) is 2. The summed E-state index contributed by atoms with van der Waals surface area (Å²) in [6, 6.07) is 9.84. The minimum Gasteiger partial charge on any atom is -0.405 e. The van der Waals surface area contributed by atoms with E-state index in [1.54, 1.807) is 25.4 Å². The van der Waals surface area contributed by atoms with E-state index in [0.29, 0.717) is 31.3 Å². The van der Waals surface area contributed by atoms with Gasteiger partial charge in [-0.05, 0) is 12.1 Å². The summed E-state index contributed by atoms with van der Waals surface area (Å²) in [6.07, 6.45) is -2.99. The number of nitrogens with zero attached hydrogens (tertiary/aromatic N) is 3. The summed E-state index contributed by atoms with van der Waals surface area (Å²) in [5, 5.41) is 6.20. The first-order valence-electron chi connectivity index (χ1n) is 9.51. The smallest absolute Gasteiger partial charge is 0.405 e. The van der Waals surface area contributed by atoms with E-state index >= 15 is 0 Å². The monoisotopic (exact) mass is 551 g/mol. The number of rotatable bonds is 6. The Morgan fingerprint density at radius 3 is 2.42 bits per heavy atom. The fourth-order valence-corrected chi connectivity index (χ4v) is 3.08. The number of nitrogens with one attached hydrogen (secondary N) is 2. The second-order valence-electron chi connectivity index (χ2n) is 6.52. The van der Waals surface area contributed by atoms with E-state index in [-0.39, 0.29) is 36.3 Å². The zero-order valence-corrected chi connectivity index (χ0v) is 19.3. The first-order chi connectivity index (χ1) is 14.5. The number of halogens is 4. The lowest BCUT2D eigenvalue weighted by molar-refractivity contribution is -0.274. The van der Waals surface area contributed by atoms with Gasteiger partial charge in [0, 0.05) is 50.6 Å². The van der Waals surface area contributed by atoms with E-state index in [1.807, 2.05) is 12.1 Å². The molecule has 2 aromatic rings. The molecule has 1 saturated heterocycles. The van der Waals surface area contributed by atoms with Gasteiger partial charge in [-0.15, -0.1) is 37.1 Å². The quantitative estimate of drug-likeness (QED) is 0.327. The first-order valence-corrected chi connectivity index (χ1v) is 9.51. The number of anilines is 1. The molecule has 1 aromatic carbocycles. The molecule has 31 heavy (non-hydrogen) atoms. The van der Waals surface area contributed by atoms with E-state index < -0.39 is 6.36 Å². The number of pyridine rings is 1. The van der Waals surface area contributed by atoms with Gasteiger partial charge in [-0.1, -0.05) is 24.3 Å². The fourth-order valence-electron chi connectivity index (χ4n) is 3.08. The van der Waals surface area contributed by atoms with E-state index in [9.17, 15) is 13.2 Å². The van der Waals surface area contributed by atoms with Gasteiger partial charge < -0.3 is 25.0 Å². The summed E-state index contributed by atoms with van der Waals surface area (Å²) in [6.45, 7) is 3.44. The molecule has 1 aromatic heterocycles. The number of guanidine groups is 1. The molecule has 0 aliphatic carbocycles. The van der Waals surface area contributed by atoms with Crippen LogP contribution < -0.4 is 20.3 Å². The van der Waals surface area contributed by atoms with Gasteiger partial charge in [-0.25, -0.2) is 4.98 Å². The van der Waals surface area contributed by atoms with Crippen LogP contribution in [0.5, 0.6) is 5.75 Å². The molecule has 0 bridgehead atoms. The van der Waals surface area contributed by atoms with Gasteiger partial charge in [0.1, 0.15) is 11.6 Å². The van der Waals surface area contributed by atoms with Gasteiger partial charge in [0.2, 0.25) is 0 Å². The average molecular weight is 551 g/mol. The number of aliphatic imine (C=N–C) groups is 1. The Morgan fingerprint density at radius 2 is 1.74 bits per heavy atom. The van der Waals surface area contributed by atoms with Crippen molar-refractivity contribution in [3.63, 3.8) is 0 Å². The number of para-hydroxylation sites is 1. The summed E-state index contributed by atoms with van der Waals surface area (Å²) in [5.41, 5.74) is 1.36. The number of aromatic nitrogens is 1. The maximum absolute atomic E-state index is 12.6. The third-order valence-electron chi connectivity index (χ3n) is 4.49. The van der Waals surface area contributed by atoms with Gasteiger partial charge in [0.25, 0.3) is 0 Å². The molecular weight excluding hydrogens is 526 g/mol. The molecule has 0 radical (unpaired) electrons. The Morgan fingerprint density at radius 1 is 1.10 bits per heavy atom. The molecule has 0 unspecified atom stereocenters. The Balaban J connectivity index is 0.00000341. The normalized spacial score (nSPS) is 14.6. The zero-order chi connectivity index (χ0) is 21.4. The third kappa shape index (κ3) is 7.73. The first kappa shape index (κ1) is 25.0. The van der Waals surface area contributed by atoms with E-state index in [2.05, 4.69) is 30.2 Å². The SMILES string of the molecule is CN=C(NCc1ccccc1OC(F)(F)F)NCc1cccnc1N1CCOCC1.I. The van der Waals surface area contributed by atoms with Crippen molar-refractivity contribution in [1.29, 1.82) is 0 Å². The molecule has 0 atom stereocenters. The maximum Gasteiger partial charge on any atom is 0.573 e. The second-order valence-corrected chi connectivity index (χ2v) is 6.52. The van der Waals surface area contributed by atoms with Crippen LogP contribution in [0.25, 0.3) is 0 Å². The Bertz CT molecular complexity index is 861. The molecule has 3 rings (SSSR count). The van der Waals surface area contributed by atoms with Crippen LogP contribution in [0.1, 0.15) is 11.1 Å². The van der Waals surface area contributed by atoms with Crippen LogP contribution in [0, 0.1) is 0 Å². The molecule has 1 aliphatic rings. The van der Waals surface area contributed by atoms with Crippen molar-refractivity contribution in [2.75, 3.05) is 38.3 Å². The molecule has 170 valence electrons. The van der Waals surface area contributed by atoms with Crippen molar-refractivity contribution >= 4 is 35.8 Å². The molecule has 1 aliphatic heterocycles. The highest BCUT2D eigenvalue weighted by atomic mass is 127. The molecule has 7 nitrogen and oxygen atoms in total. The summed E-state index contributed by atoms with van der Waals surface area (Å²) in [7, 11) is 1.60. The van der Waals surface area contributed by atoms with Gasteiger partial charge >= 0.3 is 6.36 Å². The molecule has 2 heterocycles. The van der Waals surface area contributed by atoms with Gasteiger partial charge in [-0.2, -0.15) is 0 Å². The molecular formula is C20H25F3IN5O2. The van der Waals surface area contributed by atoms with Crippen molar-refractivity contribution in [2.24, 2.45) is 4.99 Å². The average Bonchev–Trinajstić information content (AvgIpc) is 2.75. The van der Waals surface area contributed by atoms with Crippen LogP contribution in [-0.4, -0.2) is 50.7 Å². The molecule has 1 fully saturated rings. The van der Waals surface area contributed by atoms with Crippen LogP contribution in [0.3, 0.4) is 0 Å². The predicted molar refractivity (Wildman–Crippen MR) is 123 cm³/mol. The lowest BCUT2D eigenvalue weighted by atomic mass is 10.2. The number of morpholine rings is 1. The third-order valence-corrected chi connectivity index (χ3v) is 4.49. The number of alkyl halides is 3. The van der Waals surface area contributed by atoms with E-state index in [4.69, 9.17) is 4.74 Å². The lowest BCUT2D eigenvalue weighted by Crippen LogP contribution is -2.39.